The Morgan fingerprint density at radius 1 is 0.956 bits per heavy atom. The third-order valence-corrected chi connectivity index (χ3v) is 10.4. The topological polar surface area (TPSA) is 124 Å². The van der Waals surface area contributed by atoms with E-state index >= 15 is 0 Å². The number of para-hydroxylation sites is 1. The van der Waals surface area contributed by atoms with E-state index < -0.39 is 40.8 Å². The Balaban J connectivity index is 1.40. The van der Waals surface area contributed by atoms with Gasteiger partial charge in [0.2, 0.25) is 17.7 Å². The van der Waals surface area contributed by atoms with Crippen LogP contribution in [0.5, 0.6) is 5.75 Å². The molecule has 1 fully saturated rings. The first-order chi connectivity index (χ1) is 21.7. The van der Waals surface area contributed by atoms with Crippen LogP contribution in [0.4, 0.5) is 11.4 Å². The van der Waals surface area contributed by atoms with Gasteiger partial charge in [0.05, 0.1) is 35.9 Å². The van der Waals surface area contributed by atoms with Crippen molar-refractivity contribution in [3.8, 4) is 5.75 Å². The highest BCUT2D eigenvalue weighted by Gasteiger charge is 2.57. The lowest BCUT2D eigenvalue weighted by atomic mass is 9.82. The zero-order valence-electron chi connectivity index (χ0n) is 24.6. The molecule has 0 bridgehead atoms. The number of aryl methyl sites for hydroxylation is 1. The average molecular weight is 644 g/mol. The fourth-order valence-electron chi connectivity index (χ4n) is 5.80. The first kappa shape index (κ1) is 30.4. The zero-order valence-corrected chi connectivity index (χ0v) is 26.3. The van der Waals surface area contributed by atoms with Crippen LogP contribution < -0.4 is 19.8 Å². The van der Waals surface area contributed by atoms with Crippen LogP contribution in [0.3, 0.4) is 0 Å². The average Bonchev–Trinajstić information content (AvgIpc) is 3.47. The van der Waals surface area contributed by atoms with Crippen LogP contribution in [-0.2, 0) is 25.7 Å². The molecule has 10 nitrogen and oxygen atoms in total. The number of rotatable bonds is 8. The van der Waals surface area contributed by atoms with E-state index in [1.54, 1.807) is 37.3 Å². The molecule has 2 aliphatic rings. The summed E-state index contributed by atoms with van der Waals surface area (Å²) >= 11 is 2.10. The van der Waals surface area contributed by atoms with Gasteiger partial charge in [-0.2, -0.15) is 0 Å². The van der Waals surface area contributed by atoms with Crippen molar-refractivity contribution < 1.29 is 28.7 Å². The van der Waals surface area contributed by atoms with E-state index in [1.165, 1.54) is 23.8 Å². The minimum Gasteiger partial charge on any atom is -0.496 e. The summed E-state index contributed by atoms with van der Waals surface area (Å²) in [6, 6.07) is 20.7. The van der Waals surface area contributed by atoms with E-state index in [-0.39, 0.29) is 18.0 Å². The monoisotopic (exact) mass is 643 g/mol. The van der Waals surface area contributed by atoms with Gasteiger partial charge in [0, 0.05) is 22.0 Å². The zero-order chi connectivity index (χ0) is 31.8. The Bertz CT molecular complexity index is 1880. The molecule has 230 valence electrons. The number of hydrogen-bond donors (Lipinski definition) is 1. The summed E-state index contributed by atoms with van der Waals surface area (Å²) in [5.41, 5.74) is 2.87. The van der Waals surface area contributed by atoms with Gasteiger partial charge >= 0.3 is 10.8 Å². The molecule has 0 spiro atoms. The number of amides is 3. The number of methoxy groups -OCH3 is 1. The Hall–Kier alpha value is -4.68. The molecule has 12 heteroatoms. The molecule has 3 amide bonds. The highest BCUT2D eigenvalue weighted by molar-refractivity contribution is 8.00. The van der Waals surface area contributed by atoms with Crippen molar-refractivity contribution in [2.24, 2.45) is 5.92 Å². The number of thioether (sulfide) groups is 1. The van der Waals surface area contributed by atoms with Crippen molar-refractivity contribution in [1.29, 1.82) is 0 Å². The molecule has 1 saturated heterocycles. The fourth-order valence-corrected chi connectivity index (χ4v) is 8.56. The molecule has 0 radical (unpaired) electrons. The lowest BCUT2D eigenvalue weighted by Gasteiger charge is -2.31. The second-order valence-corrected chi connectivity index (χ2v) is 12.7. The van der Waals surface area contributed by atoms with Crippen LogP contribution in [0.15, 0.2) is 82.6 Å². The Morgan fingerprint density at radius 3 is 2.42 bits per heavy atom. The number of imide groups is 1. The van der Waals surface area contributed by atoms with Gasteiger partial charge in [-0.1, -0.05) is 53.4 Å². The summed E-state index contributed by atoms with van der Waals surface area (Å²) in [6.07, 6.45) is 0. The van der Waals surface area contributed by atoms with Crippen LogP contribution >= 0.6 is 23.1 Å². The second kappa shape index (κ2) is 12.4. The van der Waals surface area contributed by atoms with Crippen LogP contribution in [-0.4, -0.2) is 47.2 Å². The third kappa shape index (κ3) is 5.55. The number of hydrogen-bond acceptors (Lipinski definition) is 9. The molecule has 4 aromatic rings. The van der Waals surface area contributed by atoms with Gasteiger partial charge in [-0.3, -0.25) is 23.7 Å². The Morgan fingerprint density at radius 2 is 1.71 bits per heavy atom. The Kier molecular flexibility index (Phi) is 8.34. The van der Waals surface area contributed by atoms with Crippen molar-refractivity contribution in [3.05, 3.63) is 104 Å². The summed E-state index contributed by atoms with van der Waals surface area (Å²) in [7, 11) is 1.52. The van der Waals surface area contributed by atoms with Crippen molar-refractivity contribution in [1.82, 2.24) is 4.57 Å². The van der Waals surface area contributed by atoms with Gasteiger partial charge in [-0.15, -0.1) is 0 Å². The van der Waals surface area contributed by atoms with E-state index in [4.69, 9.17) is 9.47 Å². The fraction of sp³-hybridized carbons (Fsp3) is 0.242. The predicted octanol–water partition coefficient (Wildman–Crippen LogP) is 4.84. The molecular formula is C33H29N3O7S2. The molecule has 6 rings (SSSR count). The van der Waals surface area contributed by atoms with Crippen LogP contribution in [0, 0.1) is 12.8 Å². The lowest BCUT2D eigenvalue weighted by Crippen LogP contribution is -2.33. The number of fused-ring (bicyclic) bond motifs is 2. The van der Waals surface area contributed by atoms with Gasteiger partial charge in [0.25, 0.3) is 0 Å². The number of carbonyl (C=O) groups is 4. The third-order valence-electron chi connectivity index (χ3n) is 7.76. The molecule has 2 unspecified atom stereocenters. The van der Waals surface area contributed by atoms with E-state index in [9.17, 15) is 24.0 Å². The lowest BCUT2D eigenvalue weighted by molar-refractivity contribution is -0.122. The number of esters is 1. The number of benzene rings is 3. The number of ether oxygens (including phenoxy) is 2. The highest BCUT2D eigenvalue weighted by Crippen LogP contribution is 2.55. The highest BCUT2D eigenvalue weighted by atomic mass is 32.2. The quantitative estimate of drug-likeness (QED) is 0.214. The molecule has 0 aliphatic carbocycles. The molecule has 1 aromatic heterocycles. The largest absolute Gasteiger partial charge is 0.496 e. The summed E-state index contributed by atoms with van der Waals surface area (Å²) in [6.45, 7) is 3.58. The van der Waals surface area contributed by atoms with Crippen LogP contribution in [0.2, 0.25) is 0 Å². The number of anilines is 2. The smallest absolute Gasteiger partial charge is 0.338 e. The molecule has 3 aromatic carbocycles. The molecule has 1 N–H and O–H groups in total. The minimum atomic E-state index is -0.871. The predicted molar refractivity (Wildman–Crippen MR) is 171 cm³/mol. The van der Waals surface area contributed by atoms with E-state index in [2.05, 4.69) is 5.32 Å². The van der Waals surface area contributed by atoms with E-state index in [1.807, 2.05) is 37.3 Å². The minimum absolute atomic E-state index is 0.220. The number of thiazole rings is 1. The van der Waals surface area contributed by atoms with Gasteiger partial charge in [0.1, 0.15) is 17.5 Å². The summed E-state index contributed by atoms with van der Waals surface area (Å²) in [5, 5.41) is 2.45. The molecular weight excluding hydrogens is 615 g/mol. The van der Waals surface area contributed by atoms with Crippen LogP contribution in [0.1, 0.15) is 39.2 Å². The first-order valence-corrected chi connectivity index (χ1v) is 16.0. The maximum absolute atomic E-state index is 14.2. The van der Waals surface area contributed by atoms with Crippen molar-refractivity contribution in [2.45, 2.75) is 36.6 Å². The molecule has 0 saturated carbocycles. The van der Waals surface area contributed by atoms with Gasteiger partial charge in [0.15, 0.2) is 0 Å². The number of aromatic nitrogens is 1. The maximum Gasteiger partial charge on any atom is 0.338 e. The number of nitrogens with one attached hydrogen (secondary N) is 1. The normalized spacial score (nSPS) is 18.7. The summed E-state index contributed by atoms with van der Waals surface area (Å²) in [5.74, 6) is -2.77. The number of nitrogens with zero attached hydrogens (tertiary/aromatic N) is 2. The Labute approximate surface area is 267 Å². The second-order valence-electron chi connectivity index (χ2n) is 10.6. The summed E-state index contributed by atoms with van der Waals surface area (Å²) < 4.78 is 12.1. The molecule has 3 atom stereocenters. The van der Waals surface area contributed by atoms with Crippen molar-refractivity contribution >= 4 is 58.2 Å². The van der Waals surface area contributed by atoms with Gasteiger partial charge < -0.3 is 14.8 Å². The SMILES string of the molecule is CCOC(=O)c1ccc(N2C(=O)C3Sc4c(sc(=O)n4CC(=O)Nc4cccc(C)c4)[C@H](c4ccccc4OC)C3C2=O)cc1. The molecule has 3 heterocycles. The summed E-state index contributed by atoms with van der Waals surface area (Å²) in [4.78, 5) is 68.3. The maximum atomic E-state index is 14.2. The standard InChI is InChI=1S/C33H29N3O7S2/c1-4-43-32(40)19-12-14-21(15-13-19)36-29(38)26-25(22-10-5-6-11-23(22)42-3)28-31(44-27(26)30(36)39)35(33(41)45-28)17-24(37)34-20-9-7-8-18(2)16-20/h5-16,25-27H,4,17H2,1-3H3,(H,34,37)/t25-,26?,27?/m1/s1. The first-order valence-electron chi connectivity index (χ1n) is 14.3. The van der Waals surface area contributed by atoms with Gasteiger partial charge in [-0.25, -0.2) is 9.69 Å². The van der Waals surface area contributed by atoms with Crippen molar-refractivity contribution in [3.63, 3.8) is 0 Å². The van der Waals surface area contributed by atoms with Crippen LogP contribution in [0.25, 0.3) is 0 Å². The van der Waals surface area contributed by atoms with Crippen molar-refractivity contribution in [2.75, 3.05) is 23.9 Å². The molecule has 45 heavy (non-hydrogen) atoms. The van der Waals surface area contributed by atoms with E-state index in [0.29, 0.717) is 38.2 Å². The van der Waals surface area contributed by atoms with Gasteiger partial charge in [-0.05, 0) is 61.9 Å². The molecule has 2 aliphatic heterocycles. The number of carbonyl (C=O) groups excluding carboxylic acids is 4. The van der Waals surface area contributed by atoms with E-state index in [0.717, 1.165) is 33.6 Å².